The highest BCUT2D eigenvalue weighted by molar-refractivity contribution is 5.56. The highest BCUT2D eigenvalue weighted by Gasteiger charge is 2.18. The third-order valence-corrected chi connectivity index (χ3v) is 4.76. The molecular weight excluding hydrogens is 344 g/mol. The van der Waals surface area contributed by atoms with Crippen LogP contribution in [-0.4, -0.2) is 62.3 Å². The van der Waals surface area contributed by atoms with Crippen molar-refractivity contribution in [3.8, 4) is 11.3 Å². The van der Waals surface area contributed by atoms with E-state index in [1.165, 1.54) is 0 Å². The summed E-state index contributed by atoms with van der Waals surface area (Å²) in [5.41, 5.74) is 1.59. The number of aromatic nitrogens is 4. The number of pyridine rings is 1. The van der Waals surface area contributed by atoms with Crippen LogP contribution in [0.1, 0.15) is 5.89 Å². The van der Waals surface area contributed by atoms with Crippen LogP contribution >= 0.6 is 0 Å². The van der Waals surface area contributed by atoms with E-state index in [-0.39, 0.29) is 5.56 Å². The van der Waals surface area contributed by atoms with Gasteiger partial charge in [-0.1, -0.05) is 0 Å². The van der Waals surface area contributed by atoms with Gasteiger partial charge in [0.15, 0.2) is 0 Å². The zero-order chi connectivity index (χ0) is 18.5. The standard InChI is InChI=1S/C19H22N6O2/c26-19-4-3-17(16-2-1-5-20-14-16)22-25(19)12-11-23-7-9-24(10-8-23)15-18-21-6-13-27-18/h1-6,13-14H,7-12,15H2. The fourth-order valence-corrected chi connectivity index (χ4v) is 3.21. The van der Waals surface area contributed by atoms with Gasteiger partial charge in [0.1, 0.15) is 6.26 Å². The Bertz CT molecular complexity index is 901. The molecule has 1 fully saturated rings. The van der Waals surface area contributed by atoms with Crippen molar-refractivity contribution in [3.63, 3.8) is 0 Å². The summed E-state index contributed by atoms with van der Waals surface area (Å²) in [6.45, 7) is 5.95. The van der Waals surface area contributed by atoms with Gasteiger partial charge in [-0.05, 0) is 18.2 Å². The molecule has 8 heteroatoms. The Morgan fingerprint density at radius 3 is 2.59 bits per heavy atom. The van der Waals surface area contributed by atoms with Gasteiger partial charge in [-0.15, -0.1) is 0 Å². The fourth-order valence-electron chi connectivity index (χ4n) is 3.21. The van der Waals surface area contributed by atoms with Crippen LogP contribution in [0.15, 0.2) is 58.3 Å². The summed E-state index contributed by atoms with van der Waals surface area (Å²) < 4.78 is 6.86. The topological polar surface area (TPSA) is 80.3 Å². The summed E-state index contributed by atoms with van der Waals surface area (Å²) in [5.74, 6) is 0.756. The van der Waals surface area contributed by atoms with Gasteiger partial charge < -0.3 is 4.42 Å². The molecule has 140 valence electrons. The monoisotopic (exact) mass is 366 g/mol. The molecule has 0 atom stereocenters. The van der Waals surface area contributed by atoms with Crippen LogP contribution in [0, 0.1) is 0 Å². The summed E-state index contributed by atoms with van der Waals surface area (Å²) in [5, 5.41) is 4.50. The van der Waals surface area contributed by atoms with Gasteiger partial charge in [0.2, 0.25) is 5.89 Å². The average molecular weight is 366 g/mol. The SMILES string of the molecule is O=c1ccc(-c2cccnc2)nn1CCN1CCN(Cc2ncco2)CC1. The van der Waals surface area contributed by atoms with Crippen LogP contribution in [0.25, 0.3) is 11.3 Å². The Morgan fingerprint density at radius 1 is 1.00 bits per heavy atom. The number of rotatable bonds is 6. The van der Waals surface area contributed by atoms with E-state index in [1.54, 1.807) is 41.7 Å². The van der Waals surface area contributed by atoms with Crippen molar-refractivity contribution < 1.29 is 4.42 Å². The molecule has 4 rings (SSSR count). The van der Waals surface area contributed by atoms with Crippen LogP contribution < -0.4 is 5.56 Å². The maximum atomic E-state index is 12.1. The third kappa shape index (κ3) is 4.47. The first-order chi connectivity index (χ1) is 13.3. The van der Waals surface area contributed by atoms with Crippen LogP contribution in [0.4, 0.5) is 0 Å². The molecule has 0 saturated carbocycles. The summed E-state index contributed by atoms with van der Waals surface area (Å²) in [7, 11) is 0. The molecule has 0 aromatic carbocycles. The first kappa shape index (κ1) is 17.6. The van der Waals surface area contributed by atoms with Crippen LogP contribution in [-0.2, 0) is 13.1 Å². The Hall–Kier alpha value is -2.84. The highest BCUT2D eigenvalue weighted by atomic mass is 16.3. The lowest BCUT2D eigenvalue weighted by Crippen LogP contribution is -2.47. The Kier molecular flexibility index (Phi) is 5.36. The normalized spacial score (nSPS) is 15.9. The van der Waals surface area contributed by atoms with E-state index in [0.29, 0.717) is 6.54 Å². The van der Waals surface area contributed by atoms with Crippen molar-refractivity contribution in [3.05, 3.63) is 65.4 Å². The molecule has 1 aliphatic rings. The van der Waals surface area contributed by atoms with E-state index < -0.39 is 0 Å². The van der Waals surface area contributed by atoms with E-state index in [0.717, 1.165) is 56.4 Å². The number of hydrogen-bond acceptors (Lipinski definition) is 7. The van der Waals surface area contributed by atoms with Gasteiger partial charge in [-0.3, -0.25) is 19.6 Å². The van der Waals surface area contributed by atoms with Crippen molar-refractivity contribution in [1.82, 2.24) is 29.5 Å². The van der Waals surface area contributed by atoms with E-state index in [2.05, 4.69) is 24.9 Å². The van der Waals surface area contributed by atoms with Gasteiger partial charge in [-0.2, -0.15) is 5.10 Å². The van der Waals surface area contributed by atoms with E-state index >= 15 is 0 Å². The van der Waals surface area contributed by atoms with E-state index in [4.69, 9.17) is 4.42 Å². The number of oxazole rings is 1. The Balaban J connectivity index is 1.32. The Morgan fingerprint density at radius 2 is 1.85 bits per heavy atom. The molecular formula is C19H22N6O2. The summed E-state index contributed by atoms with van der Waals surface area (Å²) in [6, 6.07) is 7.13. The second kappa shape index (κ2) is 8.24. The predicted molar refractivity (Wildman–Crippen MR) is 99.9 cm³/mol. The van der Waals surface area contributed by atoms with Crippen LogP contribution in [0.5, 0.6) is 0 Å². The lowest BCUT2D eigenvalue weighted by atomic mass is 10.2. The summed E-state index contributed by atoms with van der Waals surface area (Å²) >= 11 is 0. The summed E-state index contributed by atoms with van der Waals surface area (Å²) in [6.07, 6.45) is 6.76. The maximum Gasteiger partial charge on any atom is 0.266 e. The number of hydrogen-bond donors (Lipinski definition) is 0. The van der Waals surface area contributed by atoms with E-state index in [1.807, 2.05) is 12.1 Å². The van der Waals surface area contributed by atoms with Crippen molar-refractivity contribution >= 4 is 0 Å². The van der Waals surface area contributed by atoms with Crippen molar-refractivity contribution in [2.45, 2.75) is 13.1 Å². The molecule has 0 aliphatic carbocycles. The summed E-state index contributed by atoms with van der Waals surface area (Å²) in [4.78, 5) is 25.1. The van der Waals surface area contributed by atoms with Gasteiger partial charge >= 0.3 is 0 Å². The minimum atomic E-state index is -0.0785. The third-order valence-electron chi connectivity index (χ3n) is 4.76. The van der Waals surface area contributed by atoms with Gasteiger partial charge in [0.05, 0.1) is 25.0 Å². The second-order valence-corrected chi connectivity index (χ2v) is 6.57. The largest absolute Gasteiger partial charge is 0.448 e. The minimum absolute atomic E-state index is 0.0785. The highest BCUT2D eigenvalue weighted by Crippen LogP contribution is 2.13. The van der Waals surface area contributed by atoms with Gasteiger partial charge in [-0.25, -0.2) is 9.67 Å². The van der Waals surface area contributed by atoms with Gasteiger partial charge in [0, 0.05) is 56.7 Å². The number of nitrogens with zero attached hydrogens (tertiary/aromatic N) is 6. The maximum absolute atomic E-state index is 12.1. The molecule has 0 spiro atoms. The molecule has 0 unspecified atom stereocenters. The molecule has 8 nitrogen and oxygen atoms in total. The lowest BCUT2D eigenvalue weighted by Gasteiger charge is -2.33. The molecule has 4 heterocycles. The molecule has 1 saturated heterocycles. The zero-order valence-corrected chi connectivity index (χ0v) is 15.1. The molecule has 27 heavy (non-hydrogen) atoms. The van der Waals surface area contributed by atoms with Gasteiger partial charge in [0.25, 0.3) is 5.56 Å². The number of piperazine rings is 1. The fraction of sp³-hybridized carbons (Fsp3) is 0.368. The zero-order valence-electron chi connectivity index (χ0n) is 15.1. The van der Waals surface area contributed by atoms with Crippen molar-refractivity contribution in [1.29, 1.82) is 0 Å². The molecule has 0 radical (unpaired) electrons. The van der Waals surface area contributed by atoms with Crippen molar-refractivity contribution in [2.24, 2.45) is 0 Å². The molecule has 3 aromatic heterocycles. The van der Waals surface area contributed by atoms with E-state index in [9.17, 15) is 4.79 Å². The predicted octanol–water partition coefficient (Wildman–Crippen LogP) is 1.11. The minimum Gasteiger partial charge on any atom is -0.448 e. The first-order valence-electron chi connectivity index (χ1n) is 9.09. The van der Waals surface area contributed by atoms with Crippen LogP contribution in [0.2, 0.25) is 0 Å². The second-order valence-electron chi connectivity index (χ2n) is 6.57. The van der Waals surface area contributed by atoms with Crippen LogP contribution in [0.3, 0.4) is 0 Å². The molecule has 1 aliphatic heterocycles. The molecule has 0 bridgehead atoms. The average Bonchev–Trinajstić information content (AvgIpc) is 3.22. The Labute approximate surface area is 157 Å². The molecule has 0 amide bonds. The smallest absolute Gasteiger partial charge is 0.266 e. The molecule has 0 N–H and O–H groups in total. The lowest BCUT2D eigenvalue weighted by molar-refractivity contribution is 0.115. The first-order valence-corrected chi connectivity index (χ1v) is 9.09. The quantitative estimate of drug-likeness (QED) is 0.646. The van der Waals surface area contributed by atoms with Crippen molar-refractivity contribution in [2.75, 3.05) is 32.7 Å². The molecule has 3 aromatic rings.